The molecule has 0 spiro atoms. The number of aliphatic carboxylic acids is 1. The molecule has 1 aliphatic heterocycles. The molecule has 2 rings (SSSR count). The summed E-state index contributed by atoms with van der Waals surface area (Å²) in [7, 11) is 0. The van der Waals surface area contributed by atoms with Gasteiger partial charge in [0.25, 0.3) is 0 Å². The Morgan fingerprint density at radius 2 is 2.00 bits per heavy atom. The molecule has 3 nitrogen and oxygen atoms in total. The summed E-state index contributed by atoms with van der Waals surface area (Å²) in [5.41, 5.74) is 0.703. The van der Waals surface area contributed by atoms with Gasteiger partial charge in [-0.2, -0.15) is 0 Å². The van der Waals surface area contributed by atoms with Crippen molar-refractivity contribution in [1.82, 2.24) is 0 Å². The number of carbonyl (C=O) groups is 1. The van der Waals surface area contributed by atoms with Gasteiger partial charge in [-0.25, -0.2) is 9.18 Å². The number of benzene rings is 1. The molecule has 0 bridgehead atoms. The maximum Gasteiger partial charge on any atom is 0.335 e. The highest BCUT2D eigenvalue weighted by Gasteiger charge is 2.46. The predicted octanol–water partition coefficient (Wildman–Crippen LogP) is 1.35. The molecular formula is C9H7FO3. The molecule has 0 amide bonds. The number of hydrogen-bond acceptors (Lipinski definition) is 2. The van der Waals surface area contributed by atoms with E-state index in [1.54, 1.807) is 0 Å². The lowest BCUT2D eigenvalue weighted by Crippen LogP contribution is -2.04. The van der Waals surface area contributed by atoms with Gasteiger partial charge in [-0.15, -0.1) is 0 Å². The molecule has 1 aromatic carbocycles. The van der Waals surface area contributed by atoms with Crippen LogP contribution in [0.4, 0.5) is 4.39 Å². The van der Waals surface area contributed by atoms with Crippen molar-refractivity contribution >= 4 is 5.97 Å². The highest BCUT2D eigenvalue weighted by molar-refractivity contribution is 5.76. The SMILES string of the molecule is O=C(O)[C@@H]1O[C@H]1c1ccc(F)cc1. The van der Waals surface area contributed by atoms with Crippen molar-refractivity contribution in [1.29, 1.82) is 0 Å². The van der Waals surface area contributed by atoms with Crippen LogP contribution in [0.2, 0.25) is 0 Å². The second-order valence-electron chi connectivity index (χ2n) is 2.87. The van der Waals surface area contributed by atoms with Gasteiger partial charge in [0, 0.05) is 0 Å². The van der Waals surface area contributed by atoms with Crippen molar-refractivity contribution in [3.8, 4) is 0 Å². The molecule has 1 aliphatic rings. The van der Waals surface area contributed by atoms with Gasteiger partial charge in [-0.05, 0) is 17.7 Å². The second kappa shape index (κ2) is 2.81. The minimum Gasteiger partial charge on any atom is -0.479 e. The van der Waals surface area contributed by atoms with Crippen molar-refractivity contribution in [2.24, 2.45) is 0 Å². The fourth-order valence-electron chi connectivity index (χ4n) is 1.21. The Bertz CT molecular complexity index is 333. The quantitative estimate of drug-likeness (QED) is 0.702. The van der Waals surface area contributed by atoms with Crippen LogP contribution in [-0.4, -0.2) is 17.2 Å². The maximum atomic E-state index is 12.5. The first kappa shape index (κ1) is 8.19. The lowest BCUT2D eigenvalue weighted by molar-refractivity contribution is -0.138. The molecule has 1 saturated heterocycles. The van der Waals surface area contributed by atoms with Crippen molar-refractivity contribution < 1.29 is 19.0 Å². The summed E-state index contributed by atoms with van der Waals surface area (Å²) in [5, 5.41) is 8.54. The molecule has 0 aliphatic carbocycles. The molecule has 0 radical (unpaired) electrons. The fourth-order valence-corrected chi connectivity index (χ4v) is 1.21. The number of carboxylic acid groups (broad SMARTS) is 1. The van der Waals surface area contributed by atoms with E-state index in [1.165, 1.54) is 24.3 Å². The minimum absolute atomic E-state index is 0.337. The smallest absolute Gasteiger partial charge is 0.335 e. The monoisotopic (exact) mass is 182 g/mol. The van der Waals surface area contributed by atoms with E-state index in [-0.39, 0.29) is 5.82 Å². The van der Waals surface area contributed by atoms with E-state index in [9.17, 15) is 9.18 Å². The van der Waals surface area contributed by atoms with Crippen LogP contribution in [-0.2, 0) is 9.53 Å². The third kappa shape index (κ3) is 1.53. The average Bonchev–Trinajstić information content (AvgIpc) is 2.85. The molecule has 68 valence electrons. The third-order valence-corrected chi connectivity index (χ3v) is 1.93. The van der Waals surface area contributed by atoms with Gasteiger partial charge >= 0.3 is 5.97 Å². The summed E-state index contributed by atoms with van der Waals surface area (Å²) in [6.07, 6.45) is -1.16. The van der Waals surface area contributed by atoms with Gasteiger partial charge in [0.15, 0.2) is 6.10 Å². The van der Waals surface area contributed by atoms with Crippen LogP contribution >= 0.6 is 0 Å². The Kier molecular flexibility index (Phi) is 1.77. The largest absolute Gasteiger partial charge is 0.479 e. The first-order chi connectivity index (χ1) is 6.18. The van der Waals surface area contributed by atoms with E-state index in [4.69, 9.17) is 9.84 Å². The van der Waals surface area contributed by atoms with Crippen LogP contribution in [0.5, 0.6) is 0 Å². The predicted molar refractivity (Wildman–Crippen MR) is 41.6 cm³/mol. The van der Waals surface area contributed by atoms with Crippen molar-refractivity contribution in [2.45, 2.75) is 12.2 Å². The van der Waals surface area contributed by atoms with Crippen molar-refractivity contribution in [3.05, 3.63) is 35.6 Å². The summed E-state index contributed by atoms with van der Waals surface area (Å²) in [5.74, 6) is -1.31. The first-order valence-corrected chi connectivity index (χ1v) is 3.82. The number of epoxide rings is 1. The zero-order valence-corrected chi connectivity index (χ0v) is 6.61. The molecule has 2 atom stereocenters. The van der Waals surface area contributed by atoms with E-state index in [2.05, 4.69) is 0 Å². The topological polar surface area (TPSA) is 49.8 Å². The van der Waals surface area contributed by atoms with E-state index >= 15 is 0 Å². The number of carboxylic acids is 1. The molecular weight excluding hydrogens is 175 g/mol. The van der Waals surface area contributed by atoms with Gasteiger partial charge in [0.05, 0.1) is 0 Å². The third-order valence-electron chi connectivity index (χ3n) is 1.93. The molecule has 1 fully saturated rings. The fraction of sp³-hybridized carbons (Fsp3) is 0.222. The highest BCUT2D eigenvalue weighted by Crippen LogP contribution is 2.38. The number of ether oxygens (including phenoxy) is 1. The molecule has 1 heterocycles. The molecule has 0 unspecified atom stereocenters. The van der Waals surface area contributed by atoms with Gasteiger partial charge < -0.3 is 9.84 Å². The Labute approximate surface area is 73.8 Å². The molecule has 4 heteroatoms. The van der Waals surface area contributed by atoms with E-state index in [0.29, 0.717) is 5.56 Å². The number of hydrogen-bond donors (Lipinski definition) is 1. The molecule has 0 saturated carbocycles. The Balaban J connectivity index is 2.12. The van der Waals surface area contributed by atoms with Gasteiger partial charge in [-0.3, -0.25) is 0 Å². The lowest BCUT2D eigenvalue weighted by atomic mass is 10.1. The van der Waals surface area contributed by atoms with Crippen LogP contribution < -0.4 is 0 Å². The van der Waals surface area contributed by atoms with Crippen LogP contribution in [0.15, 0.2) is 24.3 Å². The number of rotatable bonds is 2. The van der Waals surface area contributed by atoms with Gasteiger partial charge in [0.2, 0.25) is 0 Å². The van der Waals surface area contributed by atoms with Crippen LogP contribution in [0.25, 0.3) is 0 Å². The molecule has 1 N–H and O–H groups in total. The second-order valence-corrected chi connectivity index (χ2v) is 2.87. The van der Waals surface area contributed by atoms with Crippen LogP contribution in [0, 0.1) is 5.82 Å². The standard InChI is InChI=1S/C9H7FO3/c10-6-3-1-5(2-4-6)7-8(13-7)9(11)12/h1-4,7-8H,(H,11,12)/t7-,8+/m0/s1. The van der Waals surface area contributed by atoms with Gasteiger partial charge in [-0.1, -0.05) is 12.1 Å². The molecule has 13 heavy (non-hydrogen) atoms. The zero-order chi connectivity index (χ0) is 9.42. The average molecular weight is 182 g/mol. The number of halogens is 1. The molecule has 0 aromatic heterocycles. The van der Waals surface area contributed by atoms with E-state index in [0.717, 1.165) is 0 Å². The Morgan fingerprint density at radius 3 is 2.46 bits per heavy atom. The van der Waals surface area contributed by atoms with Crippen molar-refractivity contribution in [3.63, 3.8) is 0 Å². The van der Waals surface area contributed by atoms with Gasteiger partial charge in [0.1, 0.15) is 11.9 Å². The van der Waals surface area contributed by atoms with E-state index in [1.807, 2.05) is 0 Å². The Hall–Kier alpha value is -1.42. The molecule has 1 aromatic rings. The summed E-state index contributed by atoms with van der Waals surface area (Å²) in [6.45, 7) is 0. The van der Waals surface area contributed by atoms with Crippen LogP contribution in [0.3, 0.4) is 0 Å². The summed E-state index contributed by atoms with van der Waals surface area (Å²) >= 11 is 0. The lowest BCUT2D eigenvalue weighted by Gasteiger charge is -1.93. The maximum absolute atomic E-state index is 12.5. The highest BCUT2D eigenvalue weighted by atomic mass is 19.1. The normalized spacial score (nSPS) is 25.6. The first-order valence-electron chi connectivity index (χ1n) is 3.82. The summed E-state index contributed by atoms with van der Waals surface area (Å²) in [4.78, 5) is 10.4. The van der Waals surface area contributed by atoms with Crippen molar-refractivity contribution in [2.75, 3.05) is 0 Å². The minimum atomic E-state index is -0.977. The Morgan fingerprint density at radius 1 is 1.38 bits per heavy atom. The summed E-state index contributed by atoms with van der Waals surface area (Å²) in [6, 6.07) is 5.64. The van der Waals surface area contributed by atoms with Crippen LogP contribution in [0.1, 0.15) is 11.7 Å². The summed E-state index contributed by atoms with van der Waals surface area (Å²) < 4.78 is 17.4. The van der Waals surface area contributed by atoms with E-state index < -0.39 is 18.2 Å². The zero-order valence-electron chi connectivity index (χ0n) is 6.61.